The third-order valence-electron chi connectivity index (χ3n) is 3.84. The first kappa shape index (κ1) is 12.9. The highest BCUT2D eigenvalue weighted by Crippen LogP contribution is 2.44. The van der Waals surface area contributed by atoms with Gasteiger partial charge in [-0.3, -0.25) is 0 Å². The fourth-order valence-corrected chi connectivity index (χ4v) is 2.86. The highest BCUT2D eigenvalue weighted by atomic mass is 19.3. The molecule has 15 heavy (non-hydrogen) atoms. The maximum Gasteiger partial charge on any atom is 0.251 e. The monoisotopic (exact) mass is 218 g/mol. The van der Waals surface area contributed by atoms with Crippen molar-refractivity contribution in [3.05, 3.63) is 0 Å². The summed E-state index contributed by atoms with van der Waals surface area (Å²) in [5.41, 5.74) is 0. The molecule has 0 amide bonds. The summed E-state index contributed by atoms with van der Waals surface area (Å²) in [6.07, 6.45) is 6.72. The van der Waals surface area contributed by atoms with Crippen LogP contribution in [0.3, 0.4) is 0 Å². The lowest BCUT2D eigenvalue weighted by molar-refractivity contribution is -0.108. The van der Waals surface area contributed by atoms with Crippen LogP contribution in [0.1, 0.15) is 65.2 Å². The summed E-state index contributed by atoms with van der Waals surface area (Å²) >= 11 is 0. The van der Waals surface area contributed by atoms with Crippen molar-refractivity contribution in [2.75, 3.05) is 0 Å². The van der Waals surface area contributed by atoms with E-state index >= 15 is 0 Å². The second-order valence-electron chi connectivity index (χ2n) is 4.92. The van der Waals surface area contributed by atoms with E-state index in [9.17, 15) is 8.78 Å². The number of hydrogen-bond donors (Lipinski definition) is 0. The van der Waals surface area contributed by atoms with Crippen molar-refractivity contribution in [2.45, 2.75) is 71.1 Å². The standard InChI is InChI=1S/C13H24F2/c1-3-5-8-11(4-2)12-9-6-7-10-13(12,14)15/h11-12H,3-10H2,1-2H3. The van der Waals surface area contributed by atoms with E-state index in [1.807, 2.05) is 0 Å². The Kier molecular flexibility index (Phi) is 5.01. The van der Waals surface area contributed by atoms with E-state index in [0.29, 0.717) is 6.42 Å². The van der Waals surface area contributed by atoms with Crippen LogP contribution in [-0.4, -0.2) is 5.92 Å². The van der Waals surface area contributed by atoms with Crippen LogP contribution in [0.4, 0.5) is 8.78 Å². The van der Waals surface area contributed by atoms with E-state index in [4.69, 9.17) is 0 Å². The molecule has 1 fully saturated rings. The van der Waals surface area contributed by atoms with Gasteiger partial charge in [-0.2, -0.15) is 0 Å². The van der Waals surface area contributed by atoms with Crippen molar-refractivity contribution >= 4 is 0 Å². The zero-order chi connectivity index (χ0) is 11.3. The van der Waals surface area contributed by atoms with Gasteiger partial charge >= 0.3 is 0 Å². The Hall–Kier alpha value is -0.140. The van der Waals surface area contributed by atoms with E-state index in [0.717, 1.165) is 38.5 Å². The molecule has 0 N–H and O–H groups in total. The molecule has 90 valence electrons. The van der Waals surface area contributed by atoms with E-state index in [1.165, 1.54) is 0 Å². The van der Waals surface area contributed by atoms with Crippen LogP contribution >= 0.6 is 0 Å². The zero-order valence-corrected chi connectivity index (χ0v) is 10.1. The van der Waals surface area contributed by atoms with Gasteiger partial charge in [0.2, 0.25) is 0 Å². The first-order valence-electron chi connectivity index (χ1n) is 6.49. The molecule has 1 saturated carbocycles. The number of hydrogen-bond acceptors (Lipinski definition) is 0. The van der Waals surface area contributed by atoms with Crippen LogP contribution in [0.5, 0.6) is 0 Å². The molecule has 0 aromatic rings. The van der Waals surface area contributed by atoms with Gasteiger partial charge in [0.25, 0.3) is 5.92 Å². The summed E-state index contributed by atoms with van der Waals surface area (Å²) in [6, 6.07) is 0. The summed E-state index contributed by atoms with van der Waals surface area (Å²) in [5, 5.41) is 0. The summed E-state index contributed by atoms with van der Waals surface area (Å²) in [5.74, 6) is -2.46. The molecule has 0 spiro atoms. The lowest BCUT2D eigenvalue weighted by atomic mass is 9.74. The first-order chi connectivity index (χ1) is 7.11. The predicted octanol–water partition coefficient (Wildman–Crippen LogP) is 5.03. The van der Waals surface area contributed by atoms with Crippen molar-refractivity contribution in [2.24, 2.45) is 11.8 Å². The van der Waals surface area contributed by atoms with Gasteiger partial charge in [0.1, 0.15) is 0 Å². The minimum absolute atomic E-state index is 0.125. The van der Waals surface area contributed by atoms with Crippen LogP contribution < -0.4 is 0 Å². The van der Waals surface area contributed by atoms with Crippen molar-refractivity contribution in [3.63, 3.8) is 0 Å². The van der Waals surface area contributed by atoms with Crippen molar-refractivity contribution in [1.82, 2.24) is 0 Å². The van der Waals surface area contributed by atoms with Gasteiger partial charge < -0.3 is 0 Å². The fraction of sp³-hybridized carbons (Fsp3) is 1.00. The summed E-state index contributed by atoms with van der Waals surface area (Å²) < 4.78 is 27.5. The highest BCUT2D eigenvalue weighted by molar-refractivity contribution is 4.86. The number of rotatable bonds is 5. The van der Waals surface area contributed by atoms with Gasteiger partial charge in [0.15, 0.2) is 0 Å². The zero-order valence-electron chi connectivity index (χ0n) is 10.1. The Labute approximate surface area is 92.4 Å². The largest absolute Gasteiger partial charge is 0.251 e. The molecule has 2 atom stereocenters. The summed E-state index contributed by atoms with van der Waals surface area (Å²) in [6.45, 7) is 4.19. The van der Waals surface area contributed by atoms with Gasteiger partial charge in [-0.15, -0.1) is 0 Å². The van der Waals surface area contributed by atoms with Gasteiger partial charge in [-0.05, 0) is 25.2 Å². The van der Waals surface area contributed by atoms with Crippen LogP contribution in [0, 0.1) is 11.8 Å². The number of unbranched alkanes of at least 4 members (excludes halogenated alkanes) is 1. The summed E-state index contributed by atoms with van der Waals surface area (Å²) in [4.78, 5) is 0. The number of halogens is 2. The molecule has 2 heteroatoms. The first-order valence-corrected chi connectivity index (χ1v) is 6.49. The molecule has 0 radical (unpaired) electrons. The Morgan fingerprint density at radius 1 is 1.27 bits per heavy atom. The molecular weight excluding hydrogens is 194 g/mol. The molecule has 0 bridgehead atoms. The molecule has 0 aromatic carbocycles. The maximum atomic E-state index is 13.7. The number of alkyl halides is 2. The van der Waals surface area contributed by atoms with Crippen molar-refractivity contribution in [1.29, 1.82) is 0 Å². The lowest BCUT2D eigenvalue weighted by Crippen LogP contribution is -2.36. The molecule has 0 nitrogen and oxygen atoms in total. The van der Waals surface area contributed by atoms with E-state index in [2.05, 4.69) is 13.8 Å². The minimum Gasteiger partial charge on any atom is -0.207 e. The minimum atomic E-state index is -2.38. The molecule has 1 rings (SSSR count). The second-order valence-corrected chi connectivity index (χ2v) is 4.92. The maximum absolute atomic E-state index is 13.7. The smallest absolute Gasteiger partial charge is 0.207 e. The van der Waals surface area contributed by atoms with E-state index in [1.54, 1.807) is 0 Å². The third-order valence-corrected chi connectivity index (χ3v) is 3.84. The predicted molar refractivity (Wildman–Crippen MR) is 60.2 cm³/mol. The molecular formula is C13H24F2. The highest BCUT2D eigenvalue weighted by Gasteiger charge is 2.44. The van der Waals surface area contributed by atoms with Gasteiger partial charge in [0.05, 0.1) is 0 Å². The molecule has 1 aliphatic rings. The average Bonchev–Trinajstić information content (AvgIpc) is 2.20. The average molecular weight is 218 g/mol. The van der Waals surface area contributed by atoms with E-state index in [-0.39, 0.29) is 18.3 Å². The Morgan fingerprint density at radius 3 is 2.53 bits per heavy atom. The molecule has 1 aliphatic carbocycles. The van der Waals surface area contributed by atoms with Gasteiger partial charge in [-0.1, -0.05) is 39.5 Å². The van der Waals surface area contributed by atoms with Crippen LogP contribution in [0.15, 0.2) is 0 Å². The fourth-order valence-electron chi connectivity index (χ4n) is 2.86. The normalized spacial score (nSPS) is 27.6. The van der Waals surface area contributed by atoms with E-state index < -0.39 is 5.92 Å². The van der Waals surface area contributed by atoms with Crippen molar-refractivity contribution < 1.29 is 8.78 Å². The quantitative estimate of drug-likeness (QED) is 0.607. The van der Waals surface area contributed by atoms with Gasteiger partial charge in [-0.25, -0.2) is 8.78 Å². The van der Waals surface area contributed by atoms with Crippen LogP contribution in [0.25, 0.3) is 0 Å². The summed E-state index contributed by atoms with van der Waals surface area (Å²) in [7, 11) is 0. The van der Waals surface area contributed by atoms with Gasteiger partial charge in [0, 0.05) is 12.3 Å². The Morgan fingerprint density at radius 2 is 2.00 bits per heavy atom. The van der Waals surface area contributed by atoms with Crippen LogP contribution in [-0.2, 0) is 0 Å². The van der Waals surface area contributed by atoms with Crippen LogP contribution in [0.2, 0.25) is 0 Å². The second kappa shape index (κ2) is 5.81. The molecule has 0 heterocycles. The SMILES string of the molecule is CCCCC(CC)C1CCCCC1(F)F. The third kappa shape index (κ3) is 3.42. The molecule has 2 unspecified atom stereocenters. The Bertz CT molecular complexity index is 177. The molecule has 0 aromatic heterocycles. The Balaban J connectivity index is 2.56. The molecule has 0 saturated heterocycles. The molecule has 0 aliphatic heterocycles. The lowest BCUT2D eigenvalue weighted by Gasteiger charge is -2.36. The topological polar surface area (TPSA) is 0 Å². The van der Waals surface area contributed by atoms with Crippen molar-refractivity contribution in [3.8, 4) is 0 Å².